The molecule has 0 spiro atoms. The third-order valence-electron chi connectivity index (χ3n) is 3.99. The zero-order valence-electron chi connectivity index (χ0n) is 13.9. The highest BCUT2D eigenvalue weighted by Crippen LogP contribution is 2.15. The highest BCUT2D eigenvalue weighted by molar-refractivity contribution is 7.89. The van der Waals surface area contributed by atoms with Crippen LogP contribution in [0.15, 0.2) is 47.6 Å². The summed E-state index contributed by atoms with van der Waals surface area (Å²) in [5.41, 5.74) is 0. The van der Waals surface area contributed by atoms with Gasteiger partial charge in [0.25, 0.3) is 0 Å². The molecule has 10 heteroatoms. The fraction of sp³-hybridized carbons (Fsp3) is 0.312. The van der Waals surface area contributed by atoms with Crippen LogP contribution in [0, 0.1) is 0 Å². The van der Waals surface area contributed by atoms with Gasteiger partial charge < -0.3 is 9.80 Å². The van der Waals surface area contributed by atoms with E-state index in [1.165, 1.54) is 12.1 Å². The van der Waals surface area contributed by atoms with Crippen LogP contribution in [-0.4, -0.2) is 61.9 Å². The van der Waals surface area contributed by atoms with Gasteiger partial charge in [-0.1, -0.05) is 17.7 Å². The summed E-state index contributed by atoms with van der Waals surface area (Å²) in [5, 5.41) is 0.318. The quantitative estimate of drug-likeness (QED) is 0.802. The second-order valence-corrected chi connectivity index (χ2v) is 7.90. The van der Waals surface area contributed by atoms with Gasteiger partial charge in [-0.3, -0.25) is 4.79 Å². The minimum atomic E-state index is -3.78. The zero-order valence-corrected chi connectivity index (χ0v) is 15.4. The van der Waals surface area contributed by atoms with Crippen molar-refractivity contribution in [2.24, 2.45) is 0 Å². The van der Waals surface area contributed by atoms with Gasteiger partial charge in [0.1, 0.15) is 0 Å². The predicted octanol–water partition coefficient (Wildman–Crippen LogP) is 0.757. The number of benzene rings is 1. The van der Waals surface area contributed by atoms with Crippen LogP contribution in [0.25, 0.3) is 0 Å². The molecule has 8 nitrogen and oxygen atoms in total. The number of rotatable bonds is 5. The molecule has 3 rings (SSSR count). The third-order valence-corrected chi connectivity index (χ3v) is 5.62. The molecule has 1 aliphatic heterocycles. The van der Waals surface area contributed by atoms with Crippen molar-refractivity contribution in [1.82, 2.24) is 19.6 Å². The topological polar surface area (TPSA) is 95.5 Å². The Kier molecular flexibility index (Phi) is 5.70. The molecule has 1 fully saturated rings. The Morgan fingerprint density at radius 3 is 2.46 bits per heavy atom. The summed E-state index contributed by atoms with van der Waals surface area (Å²) in [6, 6.07) is 7.64. The van der Waals surface area contributed by atoms with Gasteiger partial charge >= 0.3 is 0 Å². The van der Waals surface area contributed by atoms with E-state index in [0.29, 0.717) is 37.1 Å². The third kappa shape index (κ3) is 4.48. The lowest BCUT2D eigenvalue weighted by Crippen LogP contribution is -2.51. The number of nitrogens with zero attached hydrogens (tertiary/aromatic N) is 4. The first kappa shape index (κ1) is 18.6. The number of amides is 1. The van der Waals surface area contributed by atoms with Crippen molar-refractivity contribution in [3.63, 3.8) is 0 Å². The fourth-order valence-electron chi connectivity index (χ4n) is 2.60. The van der Waals surface area contributed by atoms with Crippen LogP contribution in [0.2, 0.25) is 5.02 Å². The summed E-state index contributed by atoms with van der Waals surface area (Å²) >= 11 is 5.82. The molecule has 0 aliphatic carbocycles. The minimum absolute atomic E-state index is 0.0313. The van der Waals surface area contributed by atoms with Gasteiger partial charge in [0.2, 0.25) is 21.9 Å². The molecule has 0 bridgehead atoms. The van der Waals surface area contributed by atoms with Crippen molar-refractivity contribution in [2.45, 2.75) is 4.90 Å². The summed E-state index contributed by atoms with van der Waals surface area (Å²) in [7, 11) is -3.78. The van der Waals surface area contributed by atoms with Crippen LogP contribution in [0.1, 0.15) is 0 Å². The van der Waals surface area contributed by atoms with Crippen LogP contribution in [-0.2, 0) is 14.8 Å². The number of anilines is 1. The number of hydrogen-bond donors (Lipinski definition) is 1. The van der Waals surface area contributed by atoms with Crippen molar-refractivity contribution in [3.05, 3.63) is 47.7 Å². The number of carbonyl (C=O) groups excluding carboxylic acids is 1. The zero-order chi connectivity index (χ0) is 18.6. The summed E-state index contributed by atoms with van der Waals surface area (Å²) in [5.74, 6) is 0.352. The number of nitrogens with one attached hydrogen (secondary N) is 1. The Morgan fingerprint density at radius 1 is 1.12 bits per heavy atom. The van der Waals surface area contributed by atoms with Crippen molar-refractivity contribution < 1.29 is 13.2 Å². The Labute approximate surface area is 156 Å². The van der Waals surface area contributed by atoms with Crippen LogP contribution >= 0.6 is 11.6 Å². The normalized spacial score (nSPS) is 15.1. The summed E-state index contributed by atoms with van der Waals surface area (Å²) < 4.78 is 26.8. The maximum absolute atomic E-state index is 12.3. The number of halogens is 1. The van der Waals surface area contributed by atoms with Crippen molar-refractivity contribution in [1.29, 1.82) is 0 Å². The SMILES string of the molecule is O=C(CNS(=O)(=O)c1cccc(Cl)c1)N1CCN(c2ncccn2)CC1. The Balaban J connectivity index is 1.53. The van der Waals surface area contributed by atoms with E-state index in [4.69, 9.17) is 11.6 Å². The van der Waals surface area contributed by atoms with E-state index in [1.807, 2.05) is 4.90 Å². The number of hydrogen-bond acceptors (Lipinski definition) is 6. The van der Waals surface area contributed by atoms with Gasteiger partial charge in [0.15, 0.2) is 0 Å². The molecule has 1 aliphatic rings. The number of sulfonamides is 1. The van der Waals surface area contributed by atoms with Gasteiger partial charge in [0, 0.05) is 43.6 Å². The van der Waals surface area contributed by atoms with Gasteiger partial charge in [-0.25, -0.2) is 23.1 Å². The molecule has 2 heterocycles. The maximum atomic E-state index is 12.3. The Bertz CT molecular complexity index is 870. The number of piperazine rings is 1. The average molecular weight is 396 g/mol. The monoisotopic (exact) mass is 395 g/mol. The van der Waals surface area contributed by atoms with E-state index < -0.39 is 10.0 Å². The lowest BCUT2D eigenvalue weighted by molar-refractivity contribution is -0.130. The molecular formula is C16H18ClN5O3S. The molecule has 1 aromatic heterocycles. The summed E-state index contributed by atoms with van der Waals surface area (Å²) in [4.78, 5) is 24.3. The summed E-state index contributed by atoms with van der Waals surface area (Å²) in [6.45, 7) is 1.86. The van der Waals surface area contributed by atoms with Gasteiger partial charge in [-0.2, -0.15) is 0 Å². The largest absolute Gasteiger partial charge is 0.338 e. The molecule has 0 atom stereocenters. The van der Waals surface area contributed by atoms with Crippen molar-refractivity contribution >= 4 is 33.5 Å². The van der Waals surface area contributed by atoms with Crippen LogP contribution in [0.3, 0.4) is 0 Å². The highest BCUT2D eigenvalue weighted by Gasteiger charge is 2.24. The number of aromatic nitrogens is 2. The Hall–Kier alpha value is -2.23. The van der Waals surface area contributed by atoms with E-state index in [9.17, 15) is 13.2 Å². The molecular weight excluding hydrogens is 378 g/mol. The molecule has 1 N–H and O–H groups in total. The minimum Gasteiger partial charge on any atom is -0.338 e. The van der Waals surface area contributed by atoms with E-state index in [2.05, 4.69) is 14.7 Å². The van der Waals surface area contributed by atoms with Crippen LogP contribution in [0.4, 0.5) is 5.95 Å². The van der Waals surface area contributed by atoms with Gasteiger partial charge in [-0.05, 0) is 24.3 Å². The van der Waals surface area contributed by atoms with Crippen molar-refractivity contribution in [2.75, 3.05) is 37.6 Å². The van der Waals surface area contributed by atoms with Crippen molar-refractivity contribution in [3.8, 4) is 0 Å². The predicted molar refractivity (Wildman–Crippen MR) is 97.5 cm³/mol. The van der Waals surface area contributed by atoms with Crippen LogP contribution < -0.4 is 9.62 Å². The fourth-order valence-corrected chi connectivity index (χ4v) is 3.87. The standard InChI is InChI=1S/C16H18ClN5O3S/c17-13-3-1-4-14(11-13)26(24,25)20-12-15(23)21-7-9-22(10-8-21)16-18-5-2-6-19-16/h1-6,11,20H,7-10,12H2. The molecule has 1 aromatic carbocycles. The first-order valence-corrected chi connectivity index (χ1v) is 9.87. The second kappa shape index (κ2) is 7.98. The van der Waals surface area contributed by atoms with E-state index >= 15 is 0 Å². The lowest BCUT2D eigenvalue weighted by Gasteiger charge is -2.34. The summed E-state index contributed by atoms with van der Waals surface area (Å²) in [6.07, 6.45) is 3.34. The van der Waals surface area contributed by atoms with E-state index in [1.54, 1.807) is 35.5 Å². The first-order chi connectivity index (χ1) is 12.5. The van der Waals surface area contributed by atoms with Crippen LogP contribution in [0.5, 0.6) is 0 Å². The van der Waals surface area contributed by atoms with Gasteiger partial charge in [0.05, 0.1) is 11.4 Å². The molecule has 0 radical (unpaired) electrons. The molecule has 26 heavy (non-hydrogen) atoms. The second-order valence-electron chi connectivity index (χ2n) is 5.70. The molecule has 0 saturated carbocycles. The number of carbonyl (C=O) groups is 1. The molecule has 138 valence electrons. The maximum Gasteiger partial charge on any atom is 0.241 e. The van der Waals surface area contributed by atoms with E-state index in [-0.39, 0.29) is 17.3 Å². The molecule has 2 aromatic rings. The Morgan fingerprint density at radius 2 is 1.81 bits per heavy atom. The molecule has 0 unspecified atom stereocenters. The molecule has 1 saturated heterocycles. The first-order valence-electron chi connectivity index (χ1n) is 8.01. The molecule has 1 amide bonds. The van der Waals surface area contributed by atoms with Gasteiger partial charge in [-0.15, -0.1) is 0 Å². The van der Waals surface area contributed by atoms with E-state index in [0.717, 1.165) is 0 Å². The average Bonchev–Trinajstić information content (AvgIpc) is 2.67. The lowest BCUT2D eigenvalue weighted by atomic mass is 10.3. The smallest absolute Gasteiger partial charge is 0.241 e. The highest BCUT2D eigenvalue weighted by atomic mass is 35.5.